The SMILES string of the molecule is CCNC(=O)CSc1ccc(Cl)cc1C(=N)N. The molecule has 92 valence electrons. The number of carbonyl (C=O) groups is 1. The van der Waals surface area contributed by atoms with Crippen LogP contribution in [0.5, 0.6) is 0 Å². The second-order valence-electron chi connectivity index (χ2n) is 3.30. The quantitative estimate of drug-likeness (QED) is 0.434. The van der Waals surface area contributed by atoms with Gasteiger partial charge in [-0.3, -0.25) is 10.2 Å². The van der Waals surface area contributed by atoms with Crippen molar-refractivity contribution in [2.45, 2.75) is 11.8 Å². The average Bonchev–Trinajstić information content (AvgIpc) is 2.27. The number of thioether (sulfide) groups is 1. The second-order valence-corrected chi connectivity index (χ2v) is 4.75. The Morgan fingerprint density at radius 2 is 2.29 bits per heavy atom. The Hall–Kier alpha value is -1.20. The van der Waals surface area contributed by atoms with E-state index in [2.05, 4.69) is 5.32 Å². The summed E-state index contributed by atoms with van der Waals surface area (Å²) in [7, 11) is 0. The molecule has 0 heterocycles. The van der Waals surface area contributed by atoms with Crippen LogP contribution >= 0.6 is 23.4 Å². The summed E-state index contributed by atoms with van der Waals surface area (Å²) in [5, 5.41) is 10.7. The molecule has 1 rings (SSSR count). The lowest BCUT2D eigenvalue weighted by Gasteiger charge is -2.08. The van der Waals surface area contributed by atoms with Crippen molar-refractivity contribution in [3.05, 3.63) is 28.8 Å². The number of amides is 1. The first kappa shape index (κ1) is 13.9. The summed E-state index contributed by atoms with van der Waals surface area (Å²) in [4.78, 5) is 12.1. The van der Waals surface area contributed by atoms with E-state index < -0.39 is 0 Å². The highest BCUT2D eigenvalue weighted by Crippen LogP contribution is 2.25. The van der Waals surface area contributed by atoms with Crippen molar-refractivity contribution in [1.29, 1.82) is 5.41 Å². The maximum atomic E-state index is 11.3. The van der Waals surface area contributed by atoms with Crippen LogP contribution in [-0.2, 0) is 4.79 Å². The molecule has 0 saturated heterocycles. The van der Waals surface area contributed by atoms with E-state index in [0.29, 0.717) is 22.9 Å². The Morgan fingerprint density at radius 3 is 2.88 bits per heavy atom. The van der Waals surface area contributed by atoms with Crippen molar-refractivity contribution < 1.29 is 4.79 Å². The van der Waals surface area contributed by atoms with Gasteiger partial charge in [0.25, 0.3) is 0 Å². The largest absolute Gasteiger partial charge is 0.384 e. The third-order valence-corrected chi connectivity index (χ3v) is 3.27. The van der Waals surface area contributed by atoms with E-state index >= 15 is 0 Å². The molecule has 1 aromatic rings. The number of benzene rings is 1. The van der Waals surface area contributed by atoms with Crippen LogP contribution in [0.1, 0.15) is 12.5 Å². The van der Waals surface area contributed by atoms with E-state index in [4.69, 9.17) is 22.7 Å². The van der Waals surface area contributed by atoms with E-state index in [0.717, 1.165) is 4.90 Å². The molecule has 0 unspecified atom stereocenters. The molecule has 0 aliphatic heterocycles. The summed E-state index contributed by atoms with van der Waals surface area (Å²) in [6.07, 6.45) is 0. The highest BCUT2D eigenvalue weighted by molar-refractivity contribution is 8.00. The summed E-state index contributed by atoms with van der Waals surface area (Å²) in [5.74, 6) is 0.211. The minimum atomic E-state index is -0.0501. The van der Waals surface area contributed by atoms with Crippen LogP contribution in [0.15, 0.2) is 23.1 Å². The molecule has 1 amide bonds. The van der Waals surface area contributed by atoms with E-state index in [1.54, 1.807) is 18.2 Å². The second kappa shape index (κ2) is 6.51. The van der Waals surface area contributed by atoms with Gasteiger partial charge in [0.2, 0.25) is 5.91 Å². The molecular weight excluding hydrogens is 258 g/mol. The Bertz CT molecular complexity index is 437. The minimum Gasteiger partial charge on any atom is -0.384 e. The number of rotatable bonds is 5. The van der Waals surface area contributed by atoms with Crippen molar-refractivity contribution in [3.63, 3.8) is 0 Å². The fourth-order valence-electron chi connectivity index (χ4n) is 1.23. The van der Waals surface area contributed by atoms with E-state index in [1.807, 2.05) is 6.92 Å². The zero-order valence-electron chi connectivity index (χ0n) is 9.42. The molecule has 17 heavy (non-hydrogen) atoms. The first-order chi connectivity index (χ1) is 8.04. The molecule has 0 bridgehead atoms. The van der Waals surface area contributed by atoms with E-state index in [-0.39, 0.29) is 11.7 Å². The van der Waals surface area contributed by atoms with Crippen molar-refractivity contribution >= 4 is 35.1 Å². The highest BCUT2D eigenvalue weighted by atomic mass is 35.5. The lowest BCUT2D eigenvalue weighted by Crippen LogP contribution is -2.24. The number of nitrogen functional groups attached to an aromatic ring is 1. The van der Waals surface area contributed by atoms with Gasteiger partial charge in [0.1, 0.15) is 5.84 Å². The maximum absolute atomic E-state index is 11.3. The van der Waals surface area contributed by atoms with Crippen molar-refractivity contribution in [1.82, 2.24) is 5.32 Å². The zero-order valence-corrected chi connectivity index (χ0v) is 11.0. The molecule has 4 nitrogen and oxygen atoms in total. The Kier molecular flexibility index (Phi) is 5.31. The van der Waals surface area contributed by atoms with Crippen molar-refractivity contribution in [2.75, 3.05) is 12.3 Å². The first-order valence-corrected chi connectivity index (χ1v) is 6.44. The lowest BCUT2D eigenvalue weighted by molar-refractivity contribution is -0.118. The molecule has 0 aromatic heterocycles. The van der Waals surface area contributed by atoms with Gasteiger partial charge in [-0.2, -0.15) is 0 Å². The van der Waals surface area contributed by atoms with Gasteiger partial charge in [0.15, 0.2) is 0 Å². The molecule has 0 spiro atoms. The van der Waals surface area contributed by atoms with Crippen LogP contribution in [0.25, 0.3) is 0 Å². The van der Waals surface area contributed by atoms with Crippen LogP contribution < -0.4 is 11.1 Å². The monoisotopic (exact) mass is 271 g/mol. The van der Waals surface area contributed by atoms with Crippen LogP contribution in [0, 0.1) is 5.41 Å². The van der Waals surface area contributed by atoms with Gasteiger partial charge in [-0.1, -0.05) is 11.6 Å². The fraction of sp³-hybridized carbons (Fsp3) is 0.273. The van der Waals surface area contributed by atoms with E-state index in [1.165, 1.54) is 11.8 Å². The predicted molar refractivity (Wildman–Crippen MR) is 71.9 cm³/mol. The van der Waals surface area contributed by atoms with E-state index in [9.17, 15) is 4.79 Å². The van der Waals surface area contributed by atoms with Gasteiger partial charge >= 0.3 is 0 Å². The summed E-state index contributed by atoms with van der Waals surface area (Å²) < 4.78 is 0. The van der Waals surface area contributed by atoms with Gasteiger partial charge in [-0.05, 0) is 25.1 Å². The van der Waals surface area contributed by atoms with Gasteiger partial charge in [-0.15, -0.1) is 11.8 Å². The third-order valence-electron chi connectivity index (χ3n) is 1.96. The molecule has 6 heteroatoms. The number of amidine groups is 1. The van der Waals surface area contributed by atoms with Crippen LogP contribution in [0.2, 0.25) is 5.02 Å². The topological polar surface area (TPSA) is 79.0 Å². The molecule has 4 N–H and O–H groups in total. The smallest absolute Gasteiger partial charge is 0.230 e. The van der Waals surface area contributed by atoms with Crippen LogP contribution in [0.4, 0.5) is 0 Å². The number of carbonyl (C=O) groups excluding carboxylic acids is 1. The summed E-state index contributed by atoms with van der Waals surface area (Å²) in [5.41, 5.74) is 6.02. The molecule has 1 aromatic carbocycles. The molecule has 0 aliphatic rings. The lowest BCUT2D eigenvalue weighted by atomic mass is 10.2. The first-order valence-electron chi connectivity index (χ1n) is 5.08. The zero-order chi connectivity index (χ0) is 12.8. The molecule has 0 aliphatic carbocycles. The molecular formula is C11H14ClN3OS. The van der Waals surface area contributed by atoms with Crippen molar-refractivity contribution in [2.24, 2.45) is 5.73 Å². The normalized spacial score (nSPS) is 10.0. The number of hydrogen-bond donors (Lipinski definition) is 3. The van der Waals surface area contributed by atoms with Crippen molar-refractivity contribution in [3.8, 4) is 0 Å². The summed E-state index contributed by atoms with van der Waals surface area (Å²) in [6.45, 7) is 2.48. The standard InChI is InChI=1S/C11H14ClN3OS/c1-2-15-10(16)6-17-9-4-3-7(12)5-8(9)11(13)14/h3-5H,2,6H2,1H3,(H3,13,14)(H,15,16). The molecule has 0 fully saturated rings. The third kappa shape index (κ3) is 4.28. The van der Waals surface area contributed by atoms with Crippen LogP contribution in [0.3, 0.4) is 0 Å². The fourth-order valence-corrected chi connectivity index (χ4v) is 2.28. The highest BCUT2D eigenvalue weighted by Gasteiger charge is 2.09. The summed E-state index contributed by atoms with van der Waals surface area (Å²) in [6, 6.07) is 5.11. The Labute approximate surface area is 109 Å². The van der Waals surface area contributed by atoms with Gasteiger partial charge in [0.05, 0.1) is 5.75 Å². The number of nitrogens with two attached hydrogens (primary N) is 1. The molecule has 0 radical (unpaired) electrons. The minimum absolute atomic E-state index is 0.0399. The number of nitrogens with one attached hydrogen (secondary N) is 2. The van der Waals surface area contributed by atoms with Gasteiger partial charge in [0, 0.05) is 22.0 Å². The van der Waals surface area contributed by atoms with Crippen LogP contribution in [-0.4, -0.2) is 24.0 Å². The average molecular weight is 272 g/mol. The molecule has 0 saturated carbocycles. The number of halogens is 1. The predicted octanol–water partition coefficient (Wildman–Crippen LogP) is 1.85. The Morgan fingerprint density at radius 1 is 1.59 bits per heavy atom. The summed E-state index contributed by atoms with van der Waals surface area (Å²) >= 11 is 7.17. The number of hydrogen-bond acceptors (Lipinski definition) is 3. The maximum Gasteiger partial charge on any atom is 0.230 e. The van der Waals surface area contributed by atoms with Gasteiger partial charge < -0.3 is 11.1 Å². The molecule has 0 atom stereocenters. The van der Waals surface area contributed by atoms with Gasteiger partial charge in [-0.25, -0.2) is 0 Å². The Balaban J connectivity index is 2.77.